The maximum absolute atomic E-state index is 12.3. The monoisotopic (exact) mass is 300 g/mol. The maximum Gasteiger partial charge on any atom is 0.509 e. The van der Waals surface area contributed by atoms with E-state index in [2.05, 4.69) is 14.2 Å². The van der Waals surface area contributed by atoms with Crippen molar-refractivity contribution in [3.05, 3.63) is 0 Å². The van der Waals surface area contributed by atoms with Gasteiger partial charge in [-0.3, -0.25) is 4.57 Å². The Kier molecular flexibility index (Phi) is 6.82. The van der Waals surface area contributed by atoms with Gasteiger partial charge in [-0.15, -0.1) is 0 Å². The van der Waals surface area contributed by atoms with Crippen LogP contribution >= 0.6 is 7.60 Å². The highest BCUT2D eigenvalue weighted by molar-refractivity contribution is 7.55. The molecule has 0 aliphatic heterocycles. The van der Waals surface area contributed by atoms with Crippen LogP contribution in [0.15, 0.2) is 0 Å². The second kappa shape index (κ2) is 7.32. The van der Waals surface area contributed by atoms with Crippen molar-refractivity contribution in [3.8, 4) is 0 Å². The lowest BCUT2D eigenvalue weighted by atomic mass is 10.4. The quantitative estimate of drug-likeness (QED) is 0.535. The number of methoxy groups -OCH3 is 2. The van der Waals surface area contributed by atoms with Gasteiger partial charge < -0.3 is 28.0 Å². The summed E-state index contributed by atoms with van der Waals surface area (Å²) < 4.78 is 39.8. The molecule has 0 bridgehead atoms. The van der Waals surface area contributed by atoms with Gasteiger partial charge in [-0.2, -0.15) is 0 Å². The van der Waals surface area contributed by atoms with Gasteiger partial charge in [0.1, 0.15) is 6.61 Å². The number of hydrogen-bond acceptors (Lipinski definition) is 9. The Morgan fingerprint density at radius 1 is 1.00 bits per heavy atom. The number of ether oxygens (including phenoxy) is 4. The van der Waals surface area contributed by atoms with Crippen molar-refractivity contribution in [1.29, 1.82) is 0 Å². The third-order valence-corrected chi connectivity index (χ3v) is 4.49. The summed E-state index contributed by atoms with van der Waals surface area (Å²) in [5.41, 5.74) is 0. The van der Waals surface area contributed by atoms with Crippen LogP contribution in [0.25, 0.3) is 0 Å². The molecule has 9 nitrogen and oxygen atoms in total. The molecule has 0 aliphatic rings. The predicted octanol–water partition coefficient (Wildman–Crippen LogP) is 1.75. The molecule has 0 spiro atoms. The summed E-state index contributed by atoms with van der Waals surface area (Å²) >= 11 is 0. The Morgan fingerprint density at radius 2 is 1.47 bits per heavy atom. The van der Waals surface area contributed by atoms with Crippen molar-refractivity contribution in [2.75, 3.05) is 35.0 Å². The van der Waals surface area contributed by atoms with E-state index < -0.39 is 31.9 Å². The molecule has 1 atom stereocenters. The molecule has 0 aromatic heterocycles. The summed E-state index contributed by atoms with van der Waals surface area (Å²) in [5, 5.41) is -1.88. The van der Waals surface area contributed by atoms with Crippen LogP contribution in [0.2, 0.25) is 0 Å². The van der Waals surface area contributed by atoms with E-state index >= 15 is 0 Å². The van der Waals surface area contributed by atoms with Gasteiger partial charge in [-0.05, 0) is 6.92 Å². The van der Waals surface area contributed by atoms with Gasteiger partial charge in [0.25, 0.3) is 0 Å². The fourth-order valence-corrected chi connectivity index (χ4v) is 2.43. The molecule has 0 saturated heterocycles. The second-order valence-corrected chi connectivity index (χ2v) is 6.01. The van der Waals surface area contributed by atoms with Crippen molar-refractivity contribution in [3.63, 3.8) is 0 Å². The van der Waals surface area contributed by atoms with E-state index in [9.17, 15) is 14.2 Å². The number of carbonyl (C=O) groups excluding carboxylic acids is 2. The molecule has 0 aliphatic carbocycles. The third-order valence-electron chi connectivity index (χ3n) is 2.15. The maximum atomic E-state index is 12.3. The van der Waals surface area contributed by atoms with E-state index in [0.717, 1.165) is 28.4 Å². The molecule has 0 fully saturated rings. The van der Waals surface area contributed by atoms with E-state index in [1.165, 1.54) is 6.92 Å². The van der Waals surface area contributed by atoms with Crippen LogP contribution in [-0.2, 0) is 32.6 Å². The summed E-state index contributed by atoms with van der Waals surface area (Å²) in [5.74, 6) is 0. The van der Waals surface area contributed by atoms with E-state index in [0.29, 0.717) is 0 Å². The molecule has 0 heterocycles. The summed E-state index contributed by atoms with van der Waals surface area (Å²) in [7, 11) is 0.459. The van der Waals surface area contributed by atoms with Crippen LogP contribution < -0.4 is 0 Å². The van der Waals surface area contributed by atoms with Crippen molar-refractivity contribution in [2.45, 2.75) is 12.3 Å². The SMILES string of the molecule is COC(=O)OCC(C)(OC(=O)OC)P(=O)(OC)OC. The Labute approximate surface area is 110 Å². The van der Waals surface area contributed by atoms with E-state index in [4.69, 9.17) is 13.8 Å². The van der Waals surface area contributed by atoms with Crippen LogP contribution in [-0.4, -0.2) is 52.7 Å². The minimum Gasteiger partial charge on any atom is -0.438 e. The first-order valence-electron chi connectivity index (χ1n) is 4.98. The summed E-state index contributed by atoms with van der Waals surface area (Å²) in [6.07, 6.45) is -2.18. The molecule has 0 aromatic carbocycles. The van der Waals surface area contributed by atoms with Crippen molar-refractivity contribution in [2.24, 2.45) is 0 Å². The summed E-state index contributed by atoms with van der Waals surface area (Å²) in [4.78, 5) is 22.1. The highest BCUT2D eigenvalue weighted by Crippen LogP contribution is 2.59. The van der Waals surface area contributed by atoms with Gasteiger partial charge in [0.05, 0.1) is 14.2 Å². The molecule has 19 heavy (non-hydrogen) atoms. The van der Waals surface area contributed by atoms with Gasteiger partial charge in [0.2, 0.25) is 5.34 Å². The molecular formula is C9H17O9P. The molecule has 1 unspecified atom stereocenters. The zero-order valence-electron chi connectivity index (χ0n) is 11.3. The molecule has 112 valence electrons. The fourth-order valence-electron chi connectivity index (χ4n) is 1.10. The second-order valence-electron chi connectivity index (χ2n) is 3.34. The average molecular weight is 300 g/mol. The topological polar surface area (TPSA) is 107 Å². The Balaban J connectivity index is 5.17. The molecule has 10 heteroatoms. The van der Waals surface area contributed by atoms with Gasteiger partial charge in [0.15, 0.2) is 0 Å². The lowest BCUT2D eigenvalue weighted by Crippen LogP contribution is -2.38. The first kappa shape index (κ1) is 17.7. The predicted molar refractivity (Wildman–Crippen MR) is 61.9 cm³/mol. The molecule has 0 aromatic rings. The van der Waals surface area contributed by atoms with Gasteiger partial charge in [0, 0.05) is 14.2 Å². The number of rotatable bonds is 6. The van der Waals surface area contributed by atoms with Gasteiger partial charge >= 0.3 is 19.9 Å². The molecule has 0 amide bonds. The van der Waals surface area contributed by atoms with Crippen LogP contribution in [0.3, 0.4) is 0 Å². The molecule has 0 saturated carbocycles. The summed E-state index contributed by atoms with van der Waals surface area (Å²) in [6.45, 7) is 0.606. The van der Waals surface area contributed by atoms with Crippen LogP contribution in [0.5, 0.6) is 0 Å². The van der Waals surface area contributed by atoms with Crippen LogP contribution in [0.4, 0.5) is 9.59 Å². The number of hydrogen-bond donors (Lipinski definition) is 0. The molecule has 0 N–H and O–H groups in total. The minimum absolute atomic E-state index is 0.603. The van der Waals surface area contributed by atoms with Crippen molar-refractivity contribution in [1.82, 2.24) is 0 Å². The van der Waals surface area contributed by atoms with Gasteiger partial charge in [-0.25, -0.2) is 9.59 Å². The highest BCUT2D eigenvalue weighted by Gasteiger charge is 2.52. The molecular weight excluding hydrogens is 283 g/mol. The van der Waals surface area contributed by atoms with E-state index in [1.807, 2.05) is 0 Å². The standard InChI is InChI=1S/C9H17O9P/c1-9(18-8(11)14-3,6-17-7(10)13-2)19(12,15-4)16-5/h6H2,1-5H3. The summed E-state index contributed by atoms with van der Waals surface area (Å²) in [6, 6.07) is 0. The zero-order chi connectivity index (χ0) is 15.1. The number of carbonyl (C=O) groups is 2. The van der Waals surface area contributed by atoms with Crippen LogP contribution in [0, 0.1) is 0 Å². The zero-order valence-corrected chi connectivity index (χ0v) is 12.2. The Morgan fingerprint density at radius 3 is 1.84 bits per heavy atom. The van der Waals surface area contributed by atoms with Crippen molar-refractivity contribution < 1.29 is 42.1 Å². The third kappa shape index (κ3) is 4.38. The Hall–Kier alpha value is -1.31. The largest absolute Gasteiger partial charge is 0.509 e. The highest BCUT2D eigenvalue weighted by atomic mass is 31.2. The normalized spacial score (nSPS) is 14.2. The lowest BCUT2D eigenvalue weighted by Gasteiger charge is -2.32. The van der Waals surface area contributed by atoms with Crippen LogP contribution in [0.1, 0.15) is 6.92 Å². The molecule has 0 rings (SSSR count). The Bertz CT molecular complexity index is 361. The van der Waals surface area contributed by atoms with E-state index in [1.54, 1.807) is 0 Å². The smallest absolute Gasteiger partial charge is 0.438 e. The molecule has 0 radical (unpaired) electrons. The lowest BCUT2D eigenvalue weighted by molar-refractivity contribution is -0.0322. The fraction of sp³-hybridized carbons (Fsp3) is 0.778. The van der Waals surface area contributed by atoms with Crippen molar-refractivity contribution >= 4 is 19.9 Å². The first-order chi connectivity index (χ1) is 8.78. The first-order valence-corrected chi connectivity index (χ1v) is 6.52. The van der Waals surface area contributed by atoms with Gasteiger partial charge in [-0.1, -0.05) is 0 Å². The minimum atomic E-state index is -3.89. The average Bonchev–Trinajstić information content (AvgIpc) is 2.43. The van der Waals surface area contributed by atoms with E-state index in [-0.39, 0.29) is 0 Å².